The molecule has 0 spiro atoms. The first-order valence-corrected chi connectivity index (χ1v) is 7.47. The van der Waals surface area contributed by atoms with Crippen LogP contribution in [0.2, 0.25) is 0 Å². The van der Waals surface area contributed by atoms with Crippen LogP contribution in [0.5, 0.6) is 5.75 Å². The highest BCUT2D eigenvalue weighted by Crippen LogP contribution is 2.26. The Balaban J connectivity index is 2.32. The van der Waals surface area contributed by atoms with Crippen molar-refractivity contribution in [2.24, 2.45) is 5.92 Å². The van der Waals surface area contributed by atoms with Gasteiger partial charge in [-0.1, -0.05) is 26.7 Å². The van der Waals surface area contributed by atoms with E-state index in [9.17, 15) is 0 Å². The van der Waals surface area contributed by atoms with E-state index in [2.05, 4.69) is 29.4 Å². The number of hydrogen-bond acceptors (Lipinski definition) is 5. The molecule has 0 saturated heterocycles. The molecule has 0 aliphatic rings. The van der Waals surface area contributed by atoms with Crippen LogP contribution in [0.1, 0.15) is 33.6 Å². The highest BCUT2D eigenvalue weighted by Gasteiger charge is 2.14. The van der Waals surface area contributed by atoms with Gasteiger partial charge in [0.1, 0.15) is 5.75 Å². The average Bonchev–Trinajstić information content (AvgIpc) is 2.92. The van der Waals surface area contributed by atoms with E-state index in [1.165, 1.54) is 0 Å². The zero-order chi connectivity index (χ0) is 15.2. The zero-order valence-electron chi connectivity index (χ0n) is 12.9. The molecular weight excluding hydrogens is 266 g/mol. The summed E-state index contributed by atoms with van der Waals surface area (Å²) in [5.41, 5.74) is 7.47. The molecule has 1 aromatic carbocycles. The van der Waals surface area contributed by atoms with Crippen LogP contribution in [0.3, 0.4) is 0 Å². The van der Waals surface area contributed by atoms with E-state index >= 15 is 0 Å². The van der Waals surface area contributed by atoms with Crippen molar-refractivity contribution in [3.8, 4) is 17.1 Å². The van der Waals surface area contributed by atoms with Gasteiger partial charge in [0.2, 0.25) is 0 Å². The Morgan fingerprint density at radius 1 is 1.19 bits per heavy atom. The fourth-order valence-electron chi connectivity index (χ4n) is 2.33. The Kier molecular flexibility index (Phi) is 5.14. The number of nitrogens with zero attached hydrogens (tertiary/aromatic N) is 4. The molecule has 0 radical (unpaired) electrons. The van der Waals surface area contributed by atoms with E-state index in [0.29, 0.717) is 18.2 Å². The van der Waals surface area contributed by atoms with Crippen molar-refractivity contribution in [1.29, 1.82) is 0 Å². The van der Waals surface area contributed by atoms with Crippen molar-refractivity contribution < 1.29 is 4.74 Å². The minimum atomic E-state index is 0.569. The molecule has 114 valence electrons. The number of nitrogens with two attached hydrogens (primary N) is 1. The number of anilines is 1. The monoisotopic (exact) mass is 289 g/mol. The first kappa shape index (κ1) is 15.3. The first-order chi connectivity index (χ1) is 10.2. The van der Waals surface area contributed by atoms with Crippen LogP contribution in [0.4, 0.5) is 5.69 Å². The number of rotatable bonds is 7. The predicted octanol–water partition coefficient (Wildman–Crippen LogP) is 2.76. The second kappa shape index (κ2) is 7.06. The third-order valence-electron chi connectivity index (χ3n) is 3.62. The highest BCUT2D eigenvalue weighted by atomic mass is 16.5. The lowest BCUT2D eigenvalue weighted by atomic mass is 10.0. The summed E-state index contributed by atoms with van der Waals surface area (Å²) in [4.78, 5) is 0. The lowest BCUT2D eigenvalue weighted by molar-refractivity contribution is 0.340. The Morgan fingerprint density at radius 2 is 1.95 bits per heavy atom. The fourth-order valence-corrected chi connectivity index (χ4v) is 2.33. The van der Waals surface area contributed by atoms with E-state index in [1.807, 2.05) is 29.8 Å². The summed E-state index contributed by atoms with van der Waals surface area (Å²) in [6.45, 7) is 7.73. The van der Waals surface area contributed by atoms with Gasteiger partial charge in [0.05, 0.1) is 6.61 Å². The maximum Gasteiger partial charge on any atom is 0.182 e. The van der Waals surface area contributed by atoms with Gasteiger partial charge in [-0.2, -0.15) is 0 Å². The van der Waals surface area contributed by atoms with Gasteiger partial charge < -0.3 is 10.5 Å². The van der Waals surface area contributed by atoms with E-state index < -0.39 is 0 Å². The third kappa shape index (κ3) is 3.71. The van der Waals surface area contributed by atoms with Gasteiger partial charge in [-0.25, -0.2) is 4.68 Å². The molecular formula is C15H23N5O. The molecule has 0 amide bonds. The van der Waals surface area contributed by atoms with Gasteiger partial charge in [0, 0.05) is 23.9 Å². The van der Waals surface area contributed by atoms with Crippen molar-refractivity contribution in [2.75, 3.05) is 12.3 Å². The van der Waals surface area contributed by atoms with Crippen LogP contribution in [0, 0.1) is 5.92 Å². The number of aromatic nitrogens is 4. The van der Waals surface area contributed by atoms with Crippen LogP contribution in [-0.4, -0.2) is 26.8 Å². The smallest absolute Gasteiger partial charge is 0.182 e. The summed E-state index contributed by atoms with van der Waals surface area (Å²) >= 11 is 0. The van der Waals surface area contributed by atoms with Crippen molar-refractivity contribution >= 4 is 5.69 Å². The Bertz CT molecular complexity index is 577. The van der Waals surface area contributed by atoms with E-state index in [0.717, 1.165) is 36.5 Å². The number of benzene rings is 1. The average molecular weight is 289 g/mol. The lowest BCUT2D eigenvalue weighted by Gasteiger charge is -2.13. The molecule has 1 aromatic heterocycles. The molecule has 0 unspecified atom stereocenters. The molecule has 21 heavy (non-hydrogen) atoms. The van der Waals surface area contributed by atoms with Gasteiger partial charge in [-0.05, 0) is 35.4 Å². The fraction of sp³-hybridized carbons (Fsp3) is 0.533. The molecule has 6 heteroatoms. The number of tetrazole rings is 1. The van der Waals surface area contributed by atoms with Gasteiger partial charge in [0.15, 0.2) is 5.82 Å². The quantitative estimate of drug-likeness (QED) is 0.793. The van der Waals surface area contributed by atoms with Gasteiger partial charge in [-0.3, -0.25) is 0 Å². The topological polar surface area (TPSA) is 78.8 Å². The molecule has 1 heterocycles. The molecule has 0 bridgehead atoms. The standard InChI is InChI=1S/C15H23N5O/c1-4-11(5-2)10-20-15(17-18-19-20)12-7-13(16)9-14(8-12)21-6-3/h7-9,11H,4-6,10,16H2,1-3H3. The minimum absolute atomic E-state index is 0.569. The van der Waals surface area contributed by atoms with Gasteiger partial charge >= 0.3 is 0 Å². The van der Waals surface area contributed by atoms with Gasteiger partial charge in [-0.15, -0.1) is 5.10 Å². The van der Waals surface area contributed by atoms with Crippen molar-refractivity contribution in [3.05, 3.63) is 18.2 Å². The SMILES string of the molecule is CCOc1cc(N)cc(-c2nnnn2CC(CC)CC)c1. The second-order valence-corrected chi connectivity index (χ2v) is 5.09. The highest BCUT2D eigenvalue weighted by molar-refractivity contribution is 5.64. The van der Waals surface area contributed by atoms with Crippen LogP contribution in [-0.2, 0) is 6.54 Å². The lowest BCUT2D eigenvalue weighted by Crippen LogP contribution is -2.12. The summed E-state index contributed by atoms with van der Waals surface area (Å²) < 4.78 is 7.38. The minimum Gasteiger partial charge on any atom is -0.494 e. The van der Waals surface area contributed by atoms with E-state index in [1.54, 1.807) is 0 Å². The summed E-state index contributed by atoms with van der Waals surface area (Å²) in [5.74, 6) is 2.04. The second-order valence-electron chi connectivity index (χ2n) is 5.09. The molecule has 6 nitrogen and oxygen atoms in total. The van der Waals surface area contributed by atoms with E-state index in [4.69, 9.17) is 10.5 Å². The normalized spacial score (nSPS) is 11.0. The molecule has 0 aliphatic heterocycles. The van der Waals surface area contributed by atoms with Crippen LogP contribution < -0.4 is 10.5 Å². The Labute approximate surface area is 125 Å². The van der Waals surface area contributed by atoms with Crippen molar-refractivity contribution in [2.45, 2.75) is 40.2 Å². The molecule has 0 saturated carbocycles. The molecule has 2 rings (SSSR count). The number of nitrogen functional groups attached to an aromatic ring is 1. The summed E-state index contributed by atoms with van der Waals surface area (Å²) in [7, 11) is 0. The first-order valence-electron chi connectivity index (χ1n) is 7.47. The van der Waals surface area contributed by atoms with Crippen molar-refractivity contribution in [1.82, 2.24) is 20.2 Å². The summed E-state index contributed by atoms with van der Waals surface area (Å²) in [6.07, 6.45) is 2.22. The largest absolute Gasteiger partial charge is 0.494 e. The maximum absolute atomic E-state index is 5.94. The number of ether oxygens (including phenoxy) is 1. The molecule has 0 fully saturated rings. The van der Waals surface area contributed by atoms with Crippen LogP contribution >= 0.6 is 0 Å². The zero-order valence-corrected chi connectivity index (χ0v) is 12.9. The summed E-state index contributed by atoms with van der Waals surface area (Å²) in [5, 5.41) is 12.1. The van der Waals surface area contributed by atoms with Gasteiger partial charge in [0.25, 0.3) is 0 Å². The number of hydrogen-bond donors (Lipinski definition) is 1. The van der Waals surface area contributed by atoms with Crippen LogP contribution in [0.25, 0.3) is 11.4 Å². The molecule has 2 N–H and O–H groups in total. The Hall–Kier alpha value is -2.11. The molecule has 0 aliphatic carbocycles. The third-order valence-corrected chi connectivity index (χ3v) is 3.62. The maximum atomic E-state index is 5.94. The Morgan fingerprint density at radius 3 is 2.62 bits per heavy atom. The summed E-state index contributed by atoms with van der Waals surface area (Å²) in [6, 6.07) is 5.61. The van der Waals surface area contributed by atoms with Crippen LogP contribution in [0.15, 0.2) is 18.2 Å². The predicted molar refractivity (Wildman–Crippen MR) is 82.9 cm³/mol. The van der Waals surface area contributed by atoms with Crippen molar-refractivity contribution in [3.63, 3.8) is 0 Å². The molecule has 0 atom stereocenters. The molecule has 2 aromatic rings. The van der Waals surface area contributed by atoms with E-state index in [-0.39, 0.29) is 0 Å².